The molecule has 0 saturated carbocycles. The molecule has 0 amide bonds. The van der Waals surface area contributed by atoms with E-state index < -0.39 is 34.8 Å². The van der Waals surface area contributed by atoms with Gasteiger partial charge in [0.25, 0.3) is 10.2 Å². The van der Waals surface area contributed by atoms with Crippen LogP contribution >= 0.6 is 0 Å². The molecule has 1 saturated heterocycles. The fourth-order valence-electron chi connectivity index (χ4n) is 1.63. The average Bonchev–Trinajstić information content (AvgIpc) is 2.26. The van der Waals surface area contributed by atoms with Gasteiger partial charge in [0.15, 0.2) is 0 Å². The third-order valence-corrected chi connectivity index (χ3v) is 4.05. The van der Waals surface area contributed by atoms with Gasteiger partial charge in [-0.1, -0.05) is 0 Å². The molecule has 1 fully saturated rings. The Morgan fingerprint density at radius 1 is 1.44 bits per heavy atom. The molecule has 0 bridgehead atoms. The van der Waals surface area contributed by atoms with Crippen molar-refractivity contribution in [1.29, 1.82) is 0 Å². The van der Waals surface area contributed by atoms with Gasteiger partial charge in [0.1, 0.15) is 6.54 Å². The summed E-state index contributed by atoms with van der Waals surface area (Å²) in [4.78, 5) is 10.7. The summed E-state index contributed by atoms with van der Waals surface area (Å²) in [6.45, 7) is -1.94. The Morgan fingerprint density at radius 2 is 2.06 bits per heavy atom. The van der Waals surface area contributed by atoms with Crippen molar-refractivity contribution < 1.29 is 31.5 Å². The lowest BCUT2D eigenvalue weighted by molar-refractivity contribution is -0.143. The summed E-state index contributed by atoms with van der Waals surface area (Å²) in [6, 6.07) is 0. The highest BCUT2D eigenvalue weighted by atomic mass is 32.2. The van der Waals surface area contributed by atoms with E-state index in [-0.39, 0.29) is 13.1 Å². The van der Waals surface area contributed by atoms with Crippen LogP contribution in [-0.2, 0) is 15.0 Å². The van der Waals surface area contributed by atoms with Crippen LogP contribution in [0.3, 0.4) is 0 Å². The van der Waals surface area contributed by atoms with E-state index in [2.05, 4.69) is 0 Å². The van der Waals surface area contributed by atoms with E-state index >= 15 is 0 Å². The molecule has 10 heteroatoms. The summed E-state index contributed by atoms with van der Waals surface area (Å²) in [5.41, 5.74) is 0. The van der Waals surface area contributed by atoms with Crippen molar-refractivity contribution >= 4 is 16.2 Å². The topological polar surface area (TPSA) is 86.7 Å². The number of rotatable bonds is 4. The lowest BCUT2D eigenvalue weighted by Gasteiger charge is -2.29. The fraction of sp³-hybridized carbons (Fsp3) is 0.875. The van der Waals surface area contributed by atoms with Crippen molar-refractivity contribution in [3.8, 4) is 0 Å². The average molecular weight is 290 g/mol. The standard InChI is InChI=1S/C8H13F3N2O4S/c9-8(10,11)5-12-18(16,17)13-3-1-2-6(4-13)7(14)15/h6,12H,1-5H2,(H,14,15)/t6-/m0/s1. The Bertz CT molecular complexity index is 409. The van der Waals surface area contributed by atoms with Gasteiger partial charge in [-0.2, -0.15) is 30.6 Å². The molecular weight excluding hydrogens is 277 g/mol. The molecule has 1 aliphatic rings. The summed E-state index contributed by atoms with van der Waals surface area (Å²) >= 11 is 0. The van der Waals surface area contributed by atoms with Crippen LogP contribution < -0.4 is 4.72 Å². The first-order valence-electron chi connectivity index (χ1n) is 5.16. The molecule has 2 N–H and O–H groups in total. The molecule has 1 heterocycles. The Morgan fingerprint density at radius 3 is 2.56 bits per heavy atom. The van der Waals surface area contributed by atoms with Crippen LogP contribution in [0.2, 0.25) is 0 Å². The van der Waals surface area contributed by atoms with E-state index in [4.69, 9.17) is 5.11 Å². The van der Waals surface area contributed by atoms with E-state index in [0.717, 1.165) is 4.31 Å². The zero-order valence-electron chi connectivity index (χ0n) is 9.27. The number of hydrogen-bond donors (Lipinski definition) is 2. The lowest BCUT2D eigenvalue weighted by atomic mass is 10.0. The van der Waals surface area contributed by atoms with Crippen molar-refractivity contribution in [3.05, 3.63) is 0 Å². The minimum atomic E-state index is -4.64. The van der Waals surface area contributed by atoms with Gasteiger partial charge >= 0.3 is 12.1 Å². The Labute approximate surface area is 102 Å². The first kappa shape index (κ1) is 15.2. The van der Waals surface area contributed by atoms with Crippen LogP contribution in [0.25, 0.3) is 0 Å². The van der Waals surface area contributed by atoms with Crippen molar-refractivity contribution in [2.75, 3.05) is 19.6 Å². The van der Waals surface area contributed by atoms with Gasteiger partial charge < -0.3 is 5.11 Å². The van der Waals surface area contributed by atoms with Crippen LogP contribution in [-0.4, -0.2) is 49.6 Å². The summed E-state index contributed by atoms with van der Waals surface area (Å²) < 4.78 is 60.9. The van der Waals surface area contributed by atoms with Gasteiger partial charge in [-0.25, -0.2) is 0 Å². The molecule has 0 aromatic rings. The van der Waals surface area contributed by atoms with Gasteiger partial charge in [0, 0.05) is 13.1 Å². The predicted molar refractivity (Wildman–Crippen MR) is 54.9 cm³/mol. The van der Waals surface area contributed by atoms with Crippen LogP contribution in [0, 0.1) is 5.92 Å². The van der Waals surface area contributed by atoms with Crippen LogP contribution in [0.5, 0.6) is 0 Å². The van der Waals surface area contributed by atoms with E-state index in [9.17, 15) is 26.4 Å². The third-order valence-electron chi connectivity index (χ3n) is 2.53. The van der Waals surface area contributed by atoms with Gasteiger partial charge in [0.2, 0.25) is 0 Å². The molecule has 0 unspecified atom stereocenters. The van der Waals surface area contributed by atoms with Crippen molar-refractivity contribution in [2.24, 2.45) is 5.92 Å². The van der Waals surface area contributed by atoms with Crippen molar-refractivity contribution in [2.45, 2.75) is 19.0 Å². The number of nitrogens with zero attached hydrogens (tertiary/aromatic N) is 1. The highest BCUT2D eigenvalue weighted by molar-refractivity contribution is 7.87. The quantitative estimate of drug-likeness (QED) is 0.773. The molecule has 0 spiro atoms. The van der Waals surface area contributed by atoms with Gasteiger partial charge in [0.05, 0.1) is 5.92 Å². The SMILES string of the molecule is O=C(O)[C@H]1CCCN(S(=O)(=O)NCC(F)(F)F)C1. The minimum Gasteiger partial charge on any atom is -0.481 e. The van der Waals surface area contributed by atoms with Gasteiger partial charge in [-0.3, -0.25) is 4.79 Å². The largest absolute Gasteiger partial charge is 0.481 e. The molecule has 1 atom stereocenters. The lowest BCUT2D eigenvalue weighted by Crippen LogP contribution is -2.49. The molecule has 18 heavy (non-hydrogen) atoms. The molecule has 0 aromatic carbocycles. The second kappa shape index (κ2) is 5.41. The molecule has 106 valence electrons. The monoisotopic (exact) mass is 290 g/mol. The van der Waals surface area contributed by atoms with E-state index in [1.807, 2.05) is 0 Å². The highest BCUT2D eigenvalue weighted by Crippen LogP contribution is 2.19. The molecule has 6 nitrogen and oxygen atoms in total. The Kier molecular flexibility index (Phi) is 4.56. The molecular formula is C8H13F3N2O4S. The summed E-state index contributed by atoms with van der Waals surface area (Å²) in [6.07, 6.45) is -4.01. The maximum atomic E-state index is 11.9. The van der Waals surface area contributed by atoms with E-state index in [0.29, 0.717) is 12.8 Å². The number of hydrogen-bond acceptors (Lipinski definition) is 3. The number of aliphatic carboxylic acids is 1. The van der Waals surface area contributed by atoms with Crippen LogP contribution in [0.15, 0.2) is 0 Å². The summed E-state index contributed by atoms with van der Waals surface area (Å²) in [5.74, 6) is -2.02. The van der Waals surface area contributed by atoms with Crippen LogP contribution in [0.4, 0.5) is 13.2 Å². The summed E-state index contributed by atoms with van der Waals surface area (Å²) in [5, 5.41) is 8.76. The predicted octanol–water partition coefficient (Wildman–Crippen LogP) is 0.180. The zero-order chi connectivity index (χ0) is 14.0. The third kappa shape index (κ3) is 4.42. The summed E-state index contributed by atoms with van der Waals surface area (Å²) in [7, 11) is -4.28. The minimum absolute atomic E-state index is 0.0248. The van der Waals surface area contributed by atoms with Crippen LogP contribution in [0.1, 0.15) is 12.8 Å². The number of alkyl halides is 3. The highest BCUT2D eigenvalue weighted by Gasteiger charge is 2.35. The Balaban J connectivity index is 2.64. The molecule has 0 aliphatic carbocycles. The fourth-order valence-corrected chi connectivity index (χ4v) is 2.90. The first-order valence-corrected chi connectivity index (χ1v) is 6.60. The maximum Gasteiger partial charge on any atom is 0.402 e. The number of nitrogens with one attached hydrogen (secondary N) is 1. The zero-order valence-corrected chi connectivity index (χ0v) is 10.1. The number of carboxylic acids is 1. The van der Waals surface area contributed by atoms with Gasteiger partial charge in [-0.15, -0.1) is 0 Å². The first-order chi connectivity index (χ1) is 8.12. The molecule has 0 aromatic heterocycles. The van der Waals surface area contributed by atoms with E-state index in [1.54, 1.807) is 0 Å². The number of halogens is 3. The number of carboxylic acid groups (broad SMARTS) is 1. The van der Waals surface area contributed by atoms with Gasteiger partial charge in [-0.05, 0) is 12.8 Å². The van der Waals surface area contributed by atoms with E-state index in [1.165, 1.54) is 4.72 Å². The number of piperidine rings is 1. The Hall–Kier alpha value is -0.870. The number of carbonyl (C=O) groups is 1. The molecule has 1 aliphatic heterocycles. The van der Waals surface area contributed by atoms with Crippen molar-refractivity contribution in [3.63, 3.8) is 0 Å². The smallest absolute Gasteiger partial charge is 0.402 e. The second-order valence-electron chi connectivity index (χ2n) is 3.98. The normalized spacial score (nSPS) is 22.9. The van der Waals surface area contributed by atoms with Crippen molar-refractivity contribution in [1.82, 2.24) is 9.03 Å². The maximum absolute atomic E-state index is 11.9. The molecule has 0 radical (unpaired) electrons. The second-order valence-corrected chi connectivity index (χ2v) is 5.73. The molecule has 1 rings (SSSR count).